The van der Waals surface area contributed by atoms with E-state index >= 15 is 0 Å². The summed E-state index contributed by atoms with van der Waals surface area (Å²) in [6.07, 6.45) is 2.70. The van der Waals surface area contributed by atoms with Crippen LogP contribution in [0.5, 0.6) is 11.5 Å². The number of ether oxygens (including phenoxy) is 2. The second-order valence-corrected chi connectivity index (χ2v) is 10.2. The number of aromatic amines is 1. The predicted octanol–water partition coefficient (Wildman–Crippen LogP) is 3.98. The van der Waals surface area contributed by atoms with Gasteiger partial charge < -0.3 is 14.5 Å². The van der Waals surface area contributed by atoms with Crippen molar-refractivity contribution in [3.8, 4) is 22.6 Å². The van der Waals surface area contributed by atoms with Gasteiger partial charge in [0, 0.05) is 12.5 Å². The van der Waals surface area contributed by atoms with Crippen LogP contribution in [0, 0.1) is 6.57 Å². The monoisotopic (exact) mass is 492 g/mol. The lowest BCUT2D eigenvalue weighted by Gasteiger charge is -2.20. The Morgan fingerprint density at radius 1 is 1.17 bits per heavy atom. The summed E-state index contributed by atoms with van der Waals surface area (Å²) in [5, 5.41) is 0. The number of rotatable bonds is 8. The highest BCUT2D eigenvalue weighted by Gasteiger charge is 2.26. The van der Waals surface area contributed by atoms with Gasteiger partial charge in [0.15, 0.2) is 22.8 Å². The maximum absolute atomic E-state index is 13.1. The average molecular weight is 493 g/mol. The second kappa shape index (κ2) is 9.64. The molecule has 180 valence electrons. The number of fused-ring (bicyclic) bond motifs is 1. The molecular formula is C25H24N4O5S. The first kappa shape index (κ1) is 24.0. The van der Waals surface area contributed by atoms with E-state index in [0.29, 0.717) is 51.6 Å². The Kier molecular flexibility index (Phi) is 6.62. The molecule has 0 radical (unpaired) electrons. The van der Waals surface area contributed by atoms with Gasteiger partial charge in [0.25, 0.3) is 0 Å². The first-order valence-corrected chi connectivity index (χ1v) is 12.9. The molecule has 0 bridgehead atoms. The first-order chi connectivity index (χ1) is 16.8. The summed E-state index contributed by atoms with van der Waals surface area (Å²) in [7, 11) is -1.97. The van der Waals surface area contributed by atoms with Crippen molar-refractivity contribution in [3.05, 3.63) is 82.2 Å². The number of hydrogen-bond acceptors (Lipinski definition) is 6. The highest BCUT2D eigenvalue weighted by Crippen LogP contribution is 2.34. The van der Waals surface area contributed by atoms with Gasteiger partial charge in [0.1, 0.15) is 9.84 Å². The number of methoxy groups -OCH3 is 1. The molecule has 2 heterocycles. The van der Waals surface area contributed by atoms with Gasteiger partial charge in [0.2, 0.25) is 0 Å². The molecule has 1 atom stereocenters. The van der Waals surface area contributed by atoms with Crippen molar-refractivity contribution in [1.29, 1.82) is 0 Å². The van der Waals surface area contributed by atoms with Crippen molar-refractivity contribution < 1.29 is 17.9 Å². The smallest absolute Gasteiger partial charge is 0.328 e. The van der Waals surface area contributed by atoms with Gasteiger partial charge >= 0.3 is 5.69 Å². The van der Waals surface area contributed by atoms with E-state index in [1.54, 1.807) is 42.6 Å². The molecule has 2 aromatic carbocycles. The zero-order valence-electron chi connectivity index (χ0n) is 19.5. The van der Waals surface area contributed by atoms with Gasteiger partial charge in [-0.1, -0.05) is 30.3 Å². The van der Waals surface area contributed by atoms with E-state index < -0.39 is 21.6 Å². The van der Waals surface area contributed by atoms with E-state index in [-0.39, 0.29) is 5.75 Å². The summed E-state index contributed by atoms with van der Waals surface area (Å²) in [5.74, 6) is 0.632. The SMILES string of the molecule is [C-]#[N+]c1ccccc1-c1cnc2c(c1)[nH]c(=O)n2[C@H](CS(C)(=O)=O)c1ccc(OC)c(OCC)c1. The molecule has 0 aliphatic rings. The largest absolute Gasteiger partial charge is 0.493 e. The molecule has 0 aliphatic carbocycles. The van der Waals surface area contributed by atoms with Crippen molar-refractivity contribution in [2.75, 3.05) is 25.7 Å². The molecule has 0 saturated carbocycles. The van der Waals surface area contributed by atoms with Crippen LogP contribution in [-0.4, -0.2) is 48.7 Å². The lowest BCUT2D eigenvalue weighted by Crippen LogP contribution is -2.28. The van der Waals surface area contributed by atoms with Gasteiger partial charge in [-0.05, 0) is 41.8 Å². The van der Waals surface area contributed by atoms with Crippen LogP contribution in [0.1, 0.15) is 18.5 Å². The third-order valence-corrected chi connectivity index (χ3v) is 6.46. The molecule has 10 heteroatoms. The number of aromatic nitrogens is 3. The number of sulfone groups is 1. The van der Waals surface area contributed by atoms with Crippen molar-refractivity contribution in [2.24, 2.45) is 0 Å². The average Bonchev–Trinajstić information content (AvgIpc) is 3.16. The number of nitrogens with one attached hydrogen (secondary N) is 1. The summed E-state index contributed by atoms with van der Waals surface area (Å²) in [6, 6.07) is 13.1. The fraction of sp³-hybridized carbons (Fsp3) is 0.240. The summed E-state index contributed by atoms with van der Waals surface area (Å²) in [6.45, 7) is 9.63. The van der Waals surface area contributed by atoms with Gasteiger partial charge in [-0.25, -0.2) is 23.0 Å². The Labute approximate surface area is 202 Å². The fourth-order valence-electron chi connectivity index (χ4n) is 4.04. The topological polar surface area (TPSA) is 108 Å². The molecule has 0 amide bonds. The van der Waals surface area contributed by atoms with Crippen molar-refractivity contribution >= 4 is 26.7 Å². The van der Waals surface area contributed by atoms with Crippen LogP contribution in [0.4, 0.5) is 5.69 Å². The van der Waals surface area contributed by atoms with Crippen molar-refractivity contribution in [1.82, 2.24) is 14.5 Å². The fourth-order valence-corrected chi connectivity index (χ4v) is 4.96. The van der Waals surface area contributed by atoms with E-state index in [1.165, 1.54) is 11.7 Å². The number of imidazole rings is 1. The van der Waals surface area contributed by atoms with Crippen molar-refractivity contribution in [2.45, 2.75) is 13.0 Å². The molecule has 2 aromatic heterocycles. The number of benzene rings is 2. The number of H-pyrrole nitrogens is 1. The van der Waals surface area contributed by atoms with Crippen LogP contribution in [0.25, 0.3) is 27.1 Å². The first-order valence-electron chi connectivity index (χ1n) is 10.8. The summed E-state index contributed by atoms with van der Waals surface area (Å²) < 4.78 is 37.1. The lowest BCUT2D eigenvalue weighted by atomic mass is 10.1. The molecular weight excluding hydrogens is 468 g/mol. The van der Waals surface area contributed by atoms with Crippen LogP contribution in [0.3, 0.4) is 0 Å². The molecule has 0 saturated heterocycles. The Morgan fingerprint density at radius 2 is 1.94 bits per heavy atom. The molecule has 0 unspecified atom stereocenters. The highest BCUT2D eigenvalue weighted by atomic mass is 32.2. The minimum atomic E-state index is -3.49. The van der Waals surface area contributed by atoms with Crippen LogP contribution < -0.4 is 15.2 Å². The van der Waals surface area contributed by atoms with Gasteiger partial charge in [0.05, 0.1) is 37.6 Å². The summed E-state index contributed by atoms with van der Waals surface area (Å²) in [4.78, 5) is 24.0. The summed E-state index contributed by atoms with van der Waals surface area (Å²) in [5.41, 5.74) is 2.63. The predicted molar refractivity (Wildman–Crippen MR) is 134 cm³/mol. The second-order valence-electron chi connectivity index (χ2n) is 7.98. The number of hydrogen-bond donors (Lipinski definition) is 1. The van der Waals surface area contributed by atoms with Crippen LogP contribution in [0.15, 0.2) is 59.5 Å². The van der Waals surface area contributed by atoms with Crippen LogP contribution in [0.2, 0.25) is 0 Å². The third-order valence-electron chi connectivity index (χ3n) is 5.54. The quantitative estimate of drug-likeness (QED) is 0.373. The lowest BCUT2D eigenvalue weighted by molar-refractivity contribution is 0.310. The van der Waals surface area contributed by atoms with Crippen LogP contribution >= 0.6 is 0 Å². The Hall–Kier alpha value is -4.10. The maximum atomic E-state index is 13.1. The van der Waals surface area contributed by atoms with Crippen LogP contribution in [-0.2, 0) is 9.84 Å². The zero-order chi connectivity index (χ0) is 25.2. The number of nitrogens with zero attached hydrogens (tertiary/aromatic N) is 3. The Morgan fingerprint density at radius 3 is 2.63 bits per heavy atom. The summed E-state index contributed by atoms with van der Waals surface area (Å²) >= 11 is 0. The van der Waals surface area contributed by atoms with E-state index in [2.05, 4.69) is 14.8 Å². The van der Waals surface area contributed by atoms with Gasteiger partial charge in [-0.2, -0.15) is 0 Å². The van der Waals surface area contributed by atoms with E-state index in [4.69, 9.17) is 16.0 Å². The molecule has 1 N–H and O–H groups in total. The van der Waals surface area contributed by atoms with E-state index in [1.807, 2.05) is 19.1 Å². The normalized spacial score (nSPS) is 12.3. The Bertz CT molecular complexity index is 1600. The zero-order valence-corrected chi connectivity index (χ0v) is 20.3. The van der Waals surface area contributed by atoms with Gasteiger partial charge in [-0.3, -0.25) is 4.57 Å². The van der Waals surface area contributed by atoms with E-state index in [0.717, 1.165) is 6.26 Å². The molecule has 0 fully saturated rings. The molecule has 4 rings (SSSR count). The van der Waals surface area contributed by atoms with Gasteiger partial charge in [-0.15, -0.1) is 0 Å². The molecule has 0 aliphatic heterocycles. The number of para-hydroxylation sites is 1. The number of pyridine rings is 1. The van der Waals surface area contributed by atoms with Crippen molar-refractivity contribution in [3.63, 3.8) is 0 Å². The molecule has 9 nitrogen and oxygen atoms in total. The molecule has 35 heavy (non-hydrogen) atoms. The van der Waals surface area contributed by atoms with E-state index in [9.17, 15) is 13.2 Å². The minimum absolute atomic E-state index is 0.307. The Balaban J connectivity index is 1.89. The standard InChI is InChI=1S/C25H24N4O5S/c1-5-34-23-13-16(10-11-22(23)33-3)21(15-35(4,31)32)29-24-20(28-25(29)30)12-17(14-27-24)18-8-6-7-9-19(18)26-2/h6-14,21H,5,15H2,1,3-4H3,(H,28,30)/t21-/m1/s1. The maximum Gasteiger partial charge on any atom is 0.328 e. The molecule has 4 aromatic rings. The molecule has 0 spiro atoms. The third kappa shape index (κ3) is 4.90. The highest BCUT2D eigenvalue weighted by molar-refractivity contribution is 7.90. The minimum Gasteiger partial charge on any atom is -0.493 e.